The lowest BCUT2D eigenvalue weighted by molar-refractivity contribution is -0.119. The van der Waals surface area contributed by atoms with Crippen LogP contribution in [0.2, 0.25) is 0 Å². The first-order chi connectivity index (χ1) is 9.99. The van der Waals surface area contributed by atoms with Crippen LogP contribution in [0.5, 0.6) is 0 Å². The van der Waals surface area contributed by atoms with E-state index in [1.807, 2.05) is 11.4 Å². The van der Waals surface area contributed by atoms with Crippen molar-refractivity contribution in [1.82, 2.24) is 16.0 Å². The molecule has 0 atom stereocenters. The molecule has 0 aliphatic carbocycles. The van der Waals surface area contributed by atoms with Crippen LogP contribution < -0.4 is 21.7 Å². The number of halogens is 1. The topological polar surface area (TPSA) is 113 Å². The van der Waals surface area contributed by atoms with Crippen LogP contribution in [0, 0.1) is 0 Å². The van der Waals surface area contributed by atoms with Gasteiger partial charge in [-0.2, -0.15) is 0 Å². The minimum absolute atomic E-state index is 0.141. The van der Waals surface area contributed by atoms with Crippen LogP contribution in [-0.4, -0.2) is 37.5 Å². The maximum Gasteiger partial charge on any atom is 0.318 e. The largest absolute Gasteiger partial charge is 0.351 e. The normalized spacial score (nSPS) is 9.95. The van der Waals surface area contributed by atoms with E-state index in [0.717, 1.165) is 4.47 Å². The van der Waals surface area contributed by atoms with Crippen molar-refractivity contribution in [3.8, 4) is 0 Å². The van der Waals surface area contributed by atoms with Crippen LogP contribution in [0.3, 0.4) is 0 Å². The zero-order chi connectivity index (χ0) is 15.7. The first-order valence-corrected chi connectivity index (χ1v) is 7.12. The van der Waals surface area contributed by atoms with E-state index in [9.17, 15) is 14.4 Å². The molecule has 0 aliphatic heterocycles. The minimum Gasteiger partial charge on any atom is -0.351 e. The second kappa shape index (κ2) is 9.09. The smallest absolute Gasteiger partial charge is 0.318 e. The molecule has 4 amide bonds. The van der Waals surface area contributed by atoms with Crippen molar-refractivity contribution in [3.63, 3.8) is 0 Å². The summed E-state index contributed by atoms with van der Waals surface area (Å²) in [5.41, 5.74) is 5.38. The first-order valence-electron chi connectivity index (χ1n) is 6.33. The third-order valence-corrected chi connectivity index (χ3v) is 2.96. The third kappa shape index (κ3) is 7.42. The number of primary amides is 1. The van der Waals surface area contributed by atoms with Gasteiger partial charge in [0.2, 0.25) is 5.91 Å². The van der Waals surface area contributed by atoms with Gasteiger partial charge < -0.3 is 16.4 Å². The molecule has 0 fully saturated rings. The van der Waals surface area contributed by atoms with Crippen LogP contribution in [0.15, 0.2) is 28.7 Å². The van der Waals surface area contributed by atoms with Gasteiger partial charge in [-0.15, -0.1) is 0 Å². The maximum absolute atomic E-state index is 11.8. The van der Waals surface area contributed by atoms with Crippen molar-refractivity contribution in [2.75, 3.05) is 19.6 Å². The molecule has 8 heteroatoms. The number of carbonyl (C=O) groups is 3. The first kappa shape index (κ1) is 17.1. The summed E-state index contributed by atoms with van der Waals surface area (Å²) < 4.78 is 0.841. The van der Waals surface area contributed by atoms with Gasteiger partial charge in [0.25, 0.3) is 5.91 Å². The highest BCUT2D eigenvalue weighted by molar-refractivity contribution is 9.10. The van der Waals surface area contributed by atoms with Crippen LogP contribution in [0.1, 0.15) is 16.8 Å². The Balaban J connectivity index is 2.13. The van der Waals surface area contributed by atoms with Crippen molar-refractivity contribution >= 4 is 33.8 Å². The van der Waals surface area contributed by atoms with E-state index >= 15 is 0 Å². The summed E-state index contributed by atoms with van der Waals surface area (Å²) in [6.45, 7) is 1.35. The number of amides is 4. The summed E-state index contributed by atoms with van der Waals surface area (Å²) in [7, 11) is 0. The van der Waals surface area contributed by atoms with E-state index in [4.69, 9.17) is 5.73 Å². The molecule has 0 heterocycles. The van der Waals surface area contributed by atoms with Crippen molar-refractivity contribution in [2.24, 2.45) is 5.73 Å². The number of benzene rings is 1. The molecule has 0 saturated heterocycles. The summed E-state index contributed by atoms with van der Waals surface area (Å²) in [4.78, 5) is 33.3. The average molecular weight is 357 g/mol. The van der Waals surface area contributed by atoms with Gasteiger partial charge in [0.15, 0.2) is 0 Å². The van der Waals surface area contributed by atoms with Crippen LogP contribution in [-0.2, 0) is 4.79 Å². The Bertz CT molecular complexity index is 522. The maximum atomic E-state index is 11.8. The Hall–Kier alpha value is -1.93. The van der Waals surface area contributed by atoms with Gasteiger partial charge in [-0.1, -0.05) is 22.0 Å². The summed E-state index contributed by atoms with van der Waals surface area (Å²) in [5.74, 6) is -0.599. The fourth-order valence-electron chi connectivity index (χ4n) is 1.52. The predicted octanol–water partition coefficient (Wildman–Crippen LogP) is 0.353. The number of rotatable bonds is 7. The lowest BCUT2D eigenvalue weighted by Gasteiger charge is -2.07. The summed E-state index contributed by atoms with van der Waals surface area (Å²) in [6, 6.07) is 6.23. The number of hydrogen-bond donors (Lipinski definition) is 4. The van der Waals surface area contributed by atoms with E-state index in [1.54, 1.807) is 18.2 Å². The van der Waals surface area contributed by atoms with Crippen molar-refractivity contribution in [3.05, 3.63) is 34.3 Å². The molecule has 114 valence electrons. The lowest BCUT2D eigenvalue weighted by Crippen LogP contribution is -2.37. The summed E-state index contributed by atoms with van der Waals surface area (Å²) in [6.07, 6.45) is 0.141. The molecule has 0 aliphatic rings. The predicted molar refractivity (Wildman–Crippen MR) is 81.7 cm³/mol. The minimum atomic E-state index is -0.860. The molecule has 0 bridgehead atoms. The van der Waals surface area contributed by atoms with E-state index in [-0.39, 0.29) is 12.3 Å². The summed E-state index contributed by atoms with van der Waals surface area (Å²) >= 11 is 3.30. The molecule has 0 radical (unpaired) electrons. The number of nitrogens with two attached hydrogens (primary N) is 1. The molecule has 7 nitrogen and oxygen atoms in total. The van der Waals surface area contributed by atoms with Crippen LogP contribution >= 0.6 is 15.9 Å². The van der Waals surface area contributed by atoms with Crippen molar-refractivity contribution in [2.45, 2.75) is 6.42 Å². The molecule has 1 aromatic carbocycles. The lowest BCUT2D eigenvalue weighted by atomic mass is 10.2. The molecule has 5 N–H and O–H groups in total. The molecule has 21 heavy (non-hydrogen) atoms. The van der Waals surface area contributed by atoms with Crippen molar-refractivity contribution < 1.29 is 14.4 Å². The second-order valence-corrected chi connectivity index (χ2v) is 5.09. The zero-order valence-corrected chi connectivity index (χ0v) is 12.9. The highest BCUT2D eigenvalue weighted by Gasteiger charge is 2.05. The van der Waals surface area contributed by atoms with Gasteiger partial charge in [0.05, 0.1) is 0 Å². The van der Waals surface area contributed by atoms with Gasteiger partial charge >= 0.3 is 6.03 Å². The number of urea groups is 1. The van der Waals surface area contributed by atoms with Gasteiger partial charge in [0.1, 0.15) is 0 Å². The van der Waals surface area contributed by atoms with E-state index < -0.39 is 11.9 Å². The van der Waals surface area contributed by atoms with Gasteiger partial charge in [-0.05, 0) is 18.2 Å². The van der Waals surface area contributed by atoms with Crippen LogP contribution in [0.25, 0.3) is 0 Å². The molecule has 1 aromatic rings. The Labute approximate surface area is 130 Å². The van der Waals surface area contributed by atoms with Gasteiger partial charge in [-0.3, -0.25) is 14.9 Å². The Morgan fingerprint density at radius 2 is 1.90 bits per heavy atom. The molecule has 1 rings (SSSR count). The monoisotopic (exact) mass is 356 g/mol. The average Bonchev–Trinajstić information content (AvgIpc) is 2.41. The standard InChI is InChI=1S/C13H17BrN4O3/c14-10-3-1-2-9(8-10)12(20)17-7-6-16-5-4-11(19)18-13(15)21/h1-3,8,16H,4-7H2,(H,17,20)(H3,15,18,19,21). The highest BCUT2D eigenvalue weighted by Crippen LogP contribution is 2.11. The third-order valence-electron chi connectivity index (χ3n) is 2.47. The fourth-order valence-corrected chi connectivity index (χ4v) is 1.92. The fraction of sp³-hybridized carbons (Fsp3) is 0.308. The quantitative estimate of drug-likeness (QED) is 0.528. The van der Waals surface area contributed by atoms with Crippen molar-refractivity contribution in [1.29, 1.82) is 0 Å². The molecule has 0 saturated carbocycles. The molecular formula is C13H17BrN4O3. The SMILES string of the molecule is NC(=O)NC(=O)CCNCCNC(=O)c1cccc(Br)c1. The number of nitrogens with one attached hydrogen (secondary N) is 3. The highest BCUT2D eigenvalue weighted by atomic mass is 79.9. The molecule has 0 aromatic heterocycles. The second-order valence-electron chi connectivity index (χ2n) is 4.18. The number of carbonyl (C=O) groups excluding carboxylic acids is 3. The van der Waals surface area contributed by atoms with Crippen LogP contribution in [0.4, 0.5) is 4.79 Å². The molecule has 0 spiro atoms. The zero-order valence-electron chi connectivity index (χ0n) is 11.3. The number of imide groups is 1. The van der Waals surface area contributed by atoms with E-state index in [2.05, 4.69) is 26.6 Å². The molecular weight excluding hydrogens is 340 g/mol. The Morgan fingerprint density at radius 3 is 2.57 bits per heavy atom. The van der Waals surface area contributed by atoms with Gasteiger partial charge in [-0.25, -0.2) is 4.79 Å². The van der Waals surface area contributed by atoms with Gasteiger partial charge in [0, 0.05) is 36.1 Å². The van der Waals surface area contributed by atoms with E-state index in [0.29, 0.717) is 25.2 Å². The molecule has 0 unspecified atom stereocenters. The van der Waals surface area contributed by atoms with E-state index in [1.165, 1.54) is 0 Å². The summed E-state index contributed by atoms with van der Waals surface area (Å²) in [5, 5.41) is 7.68. The Morgan fingerprint density at radius 1 is 1.14 bits per heavy atom. The Kier molecular flexibility index (Phi) is 7.41. The number of hydrogen-bond acceptors (Lipinski definition) is 4.